The first-order valence-electron chi connectivity index (χ1n) is 9.77. The van der Waals surface area contributed by atoms with E-state index in [1.165, 1.54) is 29.4 Å². The van der Waals surface area contributed by atoms with E-state index in [0.717, 1.165) is 37.4 Å². The molecule has 0 aliphatic carbocycles. The SMILES string of the molecule is COc1ccc2c(ccn2C2CCN(CCCc3ccccc3OC)C2)c1. The Labute approximate surface area is 161 Å². The van der Waals surface area contributed by atoms with Gasteiger partial charge in [-0.25, -0.2) is 0 Å². The summed E-state index contributed by atoms with van der Waals surface area (Å²) in [5.41, 5.74) is 2.61. The highest BCUT2D eigenvalue weighted by Gasteiger charge is 2.24. The number of nitrogens with zero attached hydrogens (tertiary/aromatic N) is 2. The molecule has 0 bridgehead atoms. The zero-order chi connectivity index (χ0) is 18.6. The summed E-state index contributed by atoms with van der Waals surface area (Å²) in [4.78, 5) is 2.59. The molecule has 27 heavy (non-hydrogen) atoms. The van der Waals surface area contributed by atoms with Crippen molar-refractivity contribution in [3.8, 4) is 11.5 Å². The van der Waals surface area contributed by atoms with Gasteiger partial charge in [-0.15, -0.1) is 0 Å². The van der Waals surface area contributed by atoms with Gasteiger partial charge < -0.3 is 18.9 Å². The summed E-state index contributed by atoms with van der Waals surface area (Å²) in [7, 11) is 3.47. The fourth-order valence-corrected chi connectivity index (χ4v) is 4.23. The van der Waals surface area contributed by atoms with Crippen molar-refractivity contribution in [3.05, 3.63) is 60.3 Å². The summed E-state index contributed by atoms with van der Waals surface area (Å²) in [6, 6.07) is 17.5. The van der Waals surface area contributed by atoms with Crippen LogP contribution in [0.3, 0.4) is 0 Å². The van der Waals surface area contributed by atoms with Crippen molar-refractivity contribution in [2.24, 2.45) is 0 Å². The monoisotopic (exact) mass is 364 g/mol. The van der Waals surface area contributed by atoms with Crippen LogP contribution in [-0.4, -0.2) is 43.3 Å². The zero-order valence-corrected chi connectivity index (χ0v) is 16.2. The lowest BCUT2D eigenvalue weighted by Crippen LogP contribution is -2.23. The molecule has 0 N–H and O–H groups in total. The van der Waals surface area contributed by atoms with E-state index in [1.807, 2.05) is 12.1 Å². The van der Waals surface area contributed by atoms with Crippen LogP contribution < -0.4 is 9.47 Å². The first-order chi connectivity index (χ1) is 13.3. The third kappa shape index (κ3) is 3.81. The number of ether oxygens (including phenoxy) is 2. The van der Waals surface area contributed by atoms with Gasteiger partial charge in [0.05, 0.1) is 14.2 Å². The number of rotatable bonds is 7. The van der Waals surface area contributed by atoms with Crippen molar-refractivity contribution in [3.63, 3.8) is 0 Å². The quantitative estimate of drug-likeness (QED) is 0.616. The summed E-state index contributed by atoms with van der Waals surface area (Å²) in [5.74, 6) is 1.93. The topological polar surface area (TPSA) is 26.6 Å². The van der Waals surface area contributed by atoms with E-state index in [9.17, 15) is 0 Å². The van der Waals surface area contributed by atoms with E-state index in [0.29, 0.717) is 6.04 Å². The van der Waals surface area contributed by atoms with Crippen LogP contribution in [0, 0.1) is 0 Å². The lowest BCUT2D eigenvalue weighted by molar-refractivity contribution is 0.319. The smallest absolute Gasteiger partial charge is 0.122 e. The Kier molecular flexibility index (Phi) is 5.35. The van der Waals surface area contributed by atoms with E-state index in [-0.39, 0.29) is 0 Å². The summed E-state index contributed by atoms with van der Waals surface area (Å²) in [5, 5.41) is 1.25. The van der Waals surface area contributed by atoms with Crippen LogP contribution in [0.15, 0.2) is 54.7 Å². The maximum Gasteiger partial charge on any atom is 0.122 e. The van der Waals surface area contributed by atoms with E-state index < -0.39 is 0 Å². The lowest BCUT2D eigenvalue weighted by atomic mass is 10.1. The highest BCUT2D eigenvalue weighted by Crippen LogP contribution is 2.29. The minimum absolute atomic E-state index is 0.558. The predicted octanol–water partition coefficient (Wildman–Crippen LogP) is 4.54. The van der Waals surface area contributed by atoms with Crippen molar-refractivity contribution in [1.29, 1.82) is 0 Å². The molecule has 1 saturated heterocycles. The molecule has 4 rings (SSSR count). The zero-order valence-electron chi connectivity index (χ0n) is 16.2. The van der Waals surface area contributed by atoms with Gasteiger partial charge in [0.15, 0.2) is 0 Å². The number of aryl methyl sites for hydroxylation is 1. The van der Waals surface area contributed by atoms with Crippen molar-refractivity contribution < 1.29 is 9.47 Å². The average Bonchev–Trinajstić information content (AvgIpc) is 3.34. The Morgan fingerprint density at radius 2 is 1.93 bits per heavy atom. The molecule has 0 saturated carbocycles. The maximum absolute atomic E-state index is 5.47. The van der Waals surface area contributed by atoms with Crippen molar-refractivity contribution in [1.82, 2.24) is 9.47 Å². The van der Waals surface area contributed by atoms with Gasteiger partial charge in [-0.05, 0) is 61.7 Å². The van der Waals surface area contributed by atoms with Gasteiger partial charge in [0.25, 0.3) is 0 Å². The van der Waals surface area contributed by atoms with Crippen molar-refractivity contribution >= 4 is 10.9 Å². The maximum atomic E-state index is 5.47. The number of aromatic nitrogens is 1. The fourth-order valence-electron chi connectivity index (χ4n) is 4.23. The number of para-hydroxylation sites is 1. The van der Waals surface area contributed by atoms with Crippen LogP contribution in [0.25, 0.3) is 10.9 Å². The molecule has 4 heteroatoms. The molecule has 1 fully saturated rings. The molecular weight excluding hydrogens is 336 g/mol. The third-order valence-electron chi connectivity index (χ3n) is 5.68. The van der Waals surface area contributed by atoms with Gasteiger partial charge in [-0.3, -0.25) is 0 Å². The molecule has 0 spiro atoms. The van der Waals surface area contributed by atoms with E-state index in [4.69, 9.17) is 9.47 Å². The Hall–Kier alpha value is -2.46. The largest absolute Gasteiger partial charge is 0.497 e. The molecule has 1 aliphatic heterocycles. The molecule has 4 nitrogen and oxygen atoms in total. The molecule has 0 radical (unpaired) electrons. The first kappa shape index (κ1) is 17.9. The Balaban J connectivity index is 1.35. The van der Waals surface area contributed by atoms with Gasteiger partial charge in [-0.2, -0.15) is 0 Å². The second kappa shape index (κ2) is 8.05. The molecule has 0 amide bonds. The van der Waals surface area contributed by atoms with Crippen LogP contribution >= 0.6 is 0 Å². The van der Waals surface area contributed by atoms with Crippen LogP contribution in [-0.2, 0) is 6.42 Å². The molecule has 142 valence electrons. The minimum Gasteiger partial charge on any atom is -0.497 e. The molecule has 1 aliphatic rings. The molecular formula is C23H28N2O2. The third-order valence-corrected chi connectivity index (χ3v) is 5.68. The number of hydrogen-bond donors (Lipinski definition) is 0. The highest BCUT2D eigenvalue weighted by atomic mass is 16.5. The van der Waals surface area contributed by atoms with E-state index in [1.54, 1.807) is 14.2 Å². The van der Waals surface area contributed by atoms with Crippen LogP contribution in [0.4, 0.5) is 0 Å². The van der Waals surface area contributed by atoms with Crippen molar-refractivity contribution in [2.45, 2.75) is 25.3 Å². The number of fused-ring (bicyclic) bond motifs is 1. The van der Waals surface area contributed by atoms with Crippen LogP contribution in [0.1, 0.15) is 24.4 Å². The number of methoxy groups -OCH3 is 2. The van der Waals surface area contributed by atoms with Gasteiger partial charge in [-0.1, -0.05) is 18.2 Å². The summed E-state index contributed by atoms with van der Waals surface area (Å²) in [6.07, 6.45) is 5.67. The molecule has 1 atom stereocenters. The fraction of sp³-hybridized carbons (Fsp3) is 0.391. The van der Waals surface area contributed by atoms with Gasteiger partial charge in [0, 0.05) is 36.2 Å². The minimum atomic E-state index is 0.558. The summed E-state index contributed by atoms with van der Waals surface area (Å²) >= 11 is 0. The van der Waals surface area contributed by atoms with Crippen LogP contribution in [0.5, 0.6) is 11.5 Å². The van der Waals surface area contributed by atoms with Crippen molar-refractivity contribution in [2.75, 3.05) is 33.9 Å². The van der Waals surface area contributed by atoms with E-state index >= 15 is 0 Å². The second-order valence-corrected chi connectivity index (χ2v) is 7.31. The molecule has 3 aromatic rings. The van der Waals surface area contributed by atoms with E-state index in [2.05, 4.69) is 52.1 Å². The van der Waals surface area contributed by atoms with Gasteiger partial charge >= 0.3 is 0 Å². The normalized spacial score (nSPS) is 17.5. The number of likely N-dealkylation sites (tertiary alicyclic amines) is 1. The standard InChI is InChI=1S/C23H28N2O2/c1-26-21-9-10-22-19(16-21)11-15-25(22)20-12-14-24(17-20)13-5-7-18-6-3-4-8-23(18)27-2/h3-4,6,8-11,15-16,20H,5,7,12-14,17H2,1-2H3. The lowest BCUT2D eigenvalue weighted by Gasteiger charge is -2.18. The summed E-state index contributed by atoms with van der Waals surface area (Å²) in [6.45, 7) is 3.44. The molecule has 1 unspecified atom stereocenters. The Morgan fingerprint density at radius 3 is 2.78 bits per heavy atom. The number of hydrogen-bond acceptors (Lipinski definition) is 3. The summed E-state index contributed by atoms with van der Waals surface area (Å²) < 4.78 is 13.2. The predicted molar refractivity (Wildman–Crippen MR) is 110 cm³/mol. The van der Waals surface area contributed by atoms with Crippen LogP contribution in [0.2, 0.25) is 0 Å². The highest BCUT2D eigenvalue weighted by molar-refractivity contribution is 5.81. The van der Waals surface area contributed by atoms with Gasteiger partial charge in [0.2, 0.25) is 0 Å². The molecule has 2 heterocycles. The molecule has 1 aromatic heterocycles. The van der Waals surface area contributed by atoms with Gasteiger partial charge in [0.1, 0.15) is 11.5 Å². The Bertz CT molecular complexity index is 902. The average molecular weight is 364 g/mol. The number of benzene rings is 2. The molecule has 2 aromatic carbocycles. The Morgan fingerprint density at radius 1 is 1.04 bits per heavy atom. The first-order valence-corrected chi connectivity index (χ1v) is 9.77. The second-order valence-electron chi connectivity index (χ2n) is 7.31.